The van der Waals surface area contributed by atoms with Crippen molar-refractivity contribution >= 4 is 0 Å². The summed E-state index contributed by atoms with van der Waals surface area (Å²) in [4.78, 5) is 2.39. The zero-order valence-corrected chi connectivity index (χ0v) is 9.62. The van der Waals surface area contributed by atoms with Gasteiger partial charge in [0, 0.05) is 26.3 Å². The van der Waals surface area contributed by atoms with Crippen molar-refractivity contribution in [3.63, 3.8) is 0 Å². The first kappa shape index (κ1) is 12.0. The van der Waals surface area contributed by atoms with Gasteiger partial charge in [0.05, 0.1) is 5.60 Å². The maximum Gasteiger partial charge on any atom is 0.0752 e. The van der Waals surface area contributed by atoms with Crippen LogP contribution in [0.1, 0.15) is 27.2 Å². The quantitative estimate of drug-likeness (QED) is 0.723. The Balaban J connectivity index is 2.31. The van der Waals surface area contributed by atoms with Crippen LogP contribution in [0.25, 0.3) is 0 Å². The molecule has 0 saturated carbocycles. The molecule has 1 aliphatic heterocycles. The van der Waals surface area contributed by atoms with Crippen molar-refractivity contribution in [2.24, 2.45) is 5.92 Å². The zero-order valence-electron chi connectivity index (χ0n) is 9.62. The van der Waals surface area contributed by atoms with Crippen LogP contribution >= 0.6 is 0 Å². The van der Waals surface area contributed by atoms with E-state index in [4.69, 9.17) is 9.84 Å². The van der Waals surface area contributed by atoms with Gasteiger partial charge in [0.25, 0.3) is 0 Å². The van der Waals surface area contributed by atoms with Crippen molar-refractivity contribution in [3.8, 4) is 0 Å². The highest BCUT2D eigenvalue weighted by Gasteiger charge is 2.27. The number of aliphatic hydroxyl groups is 1. The molecule has 0 aromatic rings. The second-order valence-electron chi connectivity index (χ2n) is 4.77. The van der Waals surface area contributed by atoms with Crippen LogP contribution in [0, 0.1) is 5.92 Å². The van der Waals surface area contributed by atoms with Crippen LogP contribution in [-0.2, 0) is 4.74 Å². The Morgan fingerprint density at radius 3 is 2.71 bits per heavy atom. The van der Waals surface area contributed by atoms with Gasteiger partial charge in [0.15, 0.2) is 0 Å². The van der Waals surface area contributed by atoms with E-state index in [0.717, 1.165) is 32.7 Å². The van der Waals surface area contributed by atoms with Crippen molar-refractivity contribution in [3.05, 3.63) is 0 Å². The Kier molecular flexibility index (Phi) is 4.35. The standard InChI is InChI=1S/C11H23NO2/c1-4-14-11(2,3)9-12-6-5-10(7-12)8-13/h10,13H,4-9H2,1-3H3. The van der Waals surface area contributed by atoms with Crippen molar-refractivity contribution in [1.82, 2.24) is 4.90 Å². The topological polar surface area (TPSA) is 32.7 Å². The molecule has 14 heavy (non-hydrogen) atoms. The molecule has 1 unspecified atom stereocenters. The molecule has 0 aromatic heterocycles. The third-order valence-corrected chi connectivity index (χ3v) is 2.77. The number of rotatable bonds is 5. The number of aliphatic hydroxyl groups excluding tert-OH is 1. The minimum Gasteiger partial charge on any atom is -0.396 e. The van der Waals surface area contributed by atoms with Crippen molar-refractivity contribution in [2.45, 2.75) is 32.8 Å². The second-order valence-corrected chi connectivity index (χ2v) is 4.77. The molecule has 3 nitrogen and oxygen atoms in total. The lowest BCUT2D eigenvalue weighted by Gasteiger charge is -2.30. The molecule has 0 radical (unpaired) electrons. The summed E-state index contributed by atoms with van der Waals surface area (Å²) in [6, 6.07) is 0. The first-order chi connectivity index (χ1) is 6.57. The van der Waals surface area contributed by atoms with Gasteiger partial charge in [0.2, 0.25) is 0 Å². The Labute approximate surface area is 87.1 Å². The summed E-state index contributed by atoms with van der Waals surface area (Å²) in [6.45, 7) is 10.5. The summed E-state index contributed by atoms with van der Waals surface area (Å²) >= 11 is 0. The van der Waals surface area contributed by atoms with Crippen molar-refractivity contribution in [1.29, 1.82) is 0 Å². The first-order valence-electron chi connectivity index (χ1n) is 5.54. The van der Waals surface area contributed by atoms with E-state index in [1.165, 1.54) is 0 Å². The molecule has 1 fully saturated rings. The Bertz CT molecular complexity index is 171. The Hall–Kier alpha value is -0.120. The molecule has 1 rings (SSSR count). The van der Waals surface area contributed by atoms with Crippen LogP contribution in [0.4, 0.5) is 0 Å². The summed E-state index contributed by atoms with van der Waals surface area (Å²) in [5.74, 6) is 0.479. The highest BCUT2D eigenvalue weighted by Crippen LogP contribution is 2.19. The monoisotopic (exact) mass is 201 g/mol. The largest absolute Gasteiger partial charge is 0.396 e. The molecule has 1 aliphatic rings. The van der Waals surface area contributed by atoms with Gasteiger partial charge in [0.1, 0.15) is 0 Å². The fourth-order valence-electron chi connectivity index (χ4n) is 2.18. The fraction of sp³-hybridized carbons (Fsp3) is 1.00. The molecule has 0 amide bonds. The van der Waals surface area contributed by atoms with Crippen LogP contribution in [0.5, 0.6) is 0 Å². The van der Waals surface area contributed by atoms with Gasteiger partial charge in [-0.05, 0) is 39.7 Å². The van der Waals surface area contributed by atoms with Gasteiger partial charge in [-0.1, -0.05) is 0 Å². The molecule has 1 atom stereocenters. The summed E-state index contributed by atoms with van der Waals surface area (Å²) in [6.07, 6.45) is 1.12. The summed E-state index contributed by atoms with van der Waals surface area (Å²) in [7, 11) is 0. The second kappa shape index (κ2) is 5.10. The molecule has 1 saturated heterocycles. The Morgan fingerprint density at radius 1 is 1.50 bits per heavy atom. The third kappa shape index (κ3) is 3.56. The lowest BCUT2D eigenvalue weighted by molar-refractivity contribution is -0.0310. The Morgan fingerprint density at radius 2 is 2.21 bits per heavy atom. The van der Waals surface area contributed by atoms with Gasteiger partial charge in [-0.25, -0.2) is 0 Å². The molecule has 0 aromatic carbocycles. The average Bonchev–Trinajstić information content (AvgIpc) is 2.51. The predicted molar refractivity (Wildman–Crippen MR) is 57.3 cm³/mol. The molecule has 3 heteroatoms. The van der Waals surface area contributed by atoms with Crippen LogP contribution < -0.4 is 0 Å². The van der Waals surface area contributed by atoms with E-state index >= 15 is 0 Å². The van der Waals surface area contributed by atoms with Crippen LogP contribution in [0.15, 0.2) is 0 Å². The van der Waals surface area contributed by atoms with Gasteiger partial charge in [-0.3, -0.25) is 0 Å². The van der Waals surface area contributed by atoms with Crippen LogP contribution in [-0.4, -0.2) is 48.5 Å². The summed E-state index contributed by atoms with van der Waals surface area (Å²) in [5, 5.41) is 9.03. The SMILES string of the molecule is CCOC(C)(C)CN1CCC(CO)C1. The molecule has 0 aliphatic carbocycles. The average molecular weight is 201 g/mol. The van der Waals surface area contributed by atoms with Crippen molar-refractivity contribution < 1.29 is 9.84 Å². The third-order valence-electron chi connectivity index (χ3n) is 2.77. The maximum atomic E-state index is 9.03. The fourth-order valence-corrected chi connectivity index (χ4v) is 2.18. The van der Waals surface area contributed by atoms with Crippen LogP contribution in [0.2, 0.25) is 0 Å². The van der Waals surface area contributed by atoms with Gasteiger partial charge in [-0.2, -0.15) is 0 Å². The van der Waals surface area contributed by atoms with E-state index in [-0.39, 0.29) is 5.60 Å². The molecular weight excluding hydrogens is 178 g/mol. The van der Waals surface area contributed by atoms with Gasteiger partial charge >= 0.3 is 0 Å². The van der Waals surface area contributed by atoms with Crippen molar-refractivity contribution in [2.75, 3.05) is 32.8 Å². The molecule has 1 heterocycles. The molecule has 84 valence electrons. The lowest BCUT2D eigenvalue weighted by atomic mass is 10.1. The van der Waals surface area contributed by atoms with E-state index in [1.54, 1.807) is 0 Å². The van der Waals surface area contributed by atoms with E-state index in [2.05, 4.69) is 18.7 Å². The minimum atomic E-state index is -0.0565. The highest BCUT2D eigenvalue weighted by atomic mass is 16.5. The molecule has 1 N–H and O–H groups in total. The minimum absolute atomic E-state index is 0.0565. The number of nitrogens with zero attached hydrogens (tertiary/aromatic N) is 1. The number of hydrogen-bond donors (Lipinski definition) is 1. The molecule has 0 bridgehead atoms. The van der Waals surface area contributed by atoms with E-state index in [9.17, 15) is 0 Å². The number of likely N-dealkylation sites (tertiary alicyclic amines) is 1. The molecular formula is C11H23NO2. The highest BCUT2D eigenvalue weighted by molar-refractivity contribution is 4.81. The smallest absolute Gasteiger partial charge is 0.0752 e. The molecule has 0 spiro atoms. The van der Waals surface area contributed by atoms with E-state index in [1.807, 2.05) is 6.92 Å². The number of ether oxygens (including phenoxy) is 1. The first-order valence-corrected chi connectivity index (χ1v) is 5.54. The van der Waals surface area contributed by atoms with Gasteiger partial charge < -0.3 is 14.7 Å². The van der Waals surface area contributed by atoms with Gasteiger partial charge in [-0.15, -0.1) is 0 Å². The van der Waals surface area contributed by atoms with E-state index < -0.39 is 0 Å². The number of hydrogen-bond acceptors (Lipinski definition) is 3. The van der Waals surface area contributed by atoms with Crippen LogP contribution in [0.3, 0.4) is 0 Å². The van der Waals surface area contributed by atoms with E-state index in [0.29, 0.717) is 12.5 Å². The summed E-state index contributed by atoms with van der Waals surface area (Å²) < 4.78 is 5.66. The maximum absolute atomic E-state index is 9.03. The summed E-state index contributed by atoms with van der Waals surface area (Å²) in [5.41, 5.74) is -0.0565. The predicted octanol–water partition coefficient (Wildman–Crippen LogP) is 1.12. The zero-order chi connectivity index (χ0) is 10.6. The lowest BCUT2D eigenvalue weighted by Crippen LogP contribution is -2.39. The normalized spacial score (nSPS) is 24.4.